The lowest BCUT2D eigenvalue weighted by Crippen LogP contribution is -2.12. The Hall–Kier alpha value is -6.78. The highest BCUT2D eigenvalue weighted by molar-refractivity contribution is 5.84. The maximum atomic E-state index is 5.21. The molecule has 86 heavy (non-hydrogen) atoms. The molecular weight excluding hydrogens is 1040 g/mol. The fraction of sp³-hybridized carbons (Fsp3) is 0.439. The first kappa shape index (κ1) is 73.5. The predicted molar refractivity (Wildman–Crippen MR) is 381 cm³/mol. The second-order valence-corrected chi connectivity index (χ2v) is 26.0. The number of aromatic nitrogens is 2. The fourth-order valence-electron chi connectivity index (χ4n) is 10.5. The van der Waals surface area contributed by atoms with Gasteiger partial charge in [-0.15, -0.1) is 0 Å². The Morgan fingerprint density at radius 3 is 1.34 bits per heavy atom. The first-order valence-corrected chi connectivity index (χ1v) is 32.4. The Labute approximate surface area is 525 Å². The quantitative estimate of drug-likeness (QED) is 0.148. The van der Waals surface area contributed by atoms with Crippen molar-refractivity contribution in [3.05, 3.63) is 238 Å². The van der Waals surface area contributed by atoms with Gasteiger partial charge < -0.3 is 19.0 Å². The fourth-order valence-corrected chi connectivity index (χ4v) is 10.5. The van der Waals surface area contributed by atoms with Gasteiger partial charge in [-0.3, -0.25) is 0 Å². The minimum atomic E-state index is 0.533. The second kappa shape index (κ2) is 39.1. The van der Waals surface area contributed by atoms with Crippen molar-refractivity contribution in [2.24, 2.45) is 18.9 Å². The Balaban J connectivity index is 0.000000258. The molecular formula is C82H116N2O2. The molecule has 0 saturated heterocycles. The van der Waals surface area contributed by atoms with Crippen LogP contribution in [-0.2, 0) is 7.05 Å². The maximum absolute atomic E-state index is 5.21. The summed E-state index contributed by atoms with van der Waals surface area (Å²) in [5, 5.41) is 2.74. The standard InChI is InChI=1S/C12H15N.C11H13N.C11H16.2C10H14O.C10H14.C9H18.C9H12/c1-9(2)11-8-13(3)12-7-5-4-6-10(11)12;1-8(2)10-7-12-11-6-4-3-5-9(10)11;1-8(2)11-6-9(3)5-10(4)7-11;1-8(2)9-4-6-10(11-3)7-5-9;1-8(2)9-6-4-5-7-10(9)11-3;1-8(2)10-6-4-5-9(3)7-10;2*1-8(2)9-6-4-3-5-7-9/h4-9H,1-3H3;3-8,12H,1-2H3;5-8H,1-4H3;2*4-8H,1-3H3;4-8H,1-3H3;8-9H,3-7H2,1-2H3;3-8H,1-2H3. The van der Waals surface area contributed by atoms with Crippen LogP contribution in [0.5, 0.6) is 11.5 Å². The zero-order chi connectivity index (χ0) is 63.9. The second-order valence-electron chi connectivity index (χ2n) is 26.0. The SMILES string of the molecule is CC(C)C1CCCCC1.CC(C)c1c[nH]c2ccccc12.CC(C)c1ccccc1.CC(C)c1cn(C)c2ccccc12.COc1ccc(C(C)C)cc1.COc1ccccc1C(C)C.Cc1cc(C)cc(C(C)C)c1.Cc1cccc(C(C)C)c1. The molecule has 0 aliphatic heterocycles. The highest BCUT2D eigenvalue weighted by atomic mass is 16.5. The number of para-hydroxylation sites is 3. The van der Waals surface area contributed by atoms with Crippen molar-refractivity contribution in [1.82, 2.24) is 9.55 Å². The van der Waals surface area contributed by atoms with Crippen LogP contribution < -0.4 is 9.47 Å². The topological polar surface area (TPSA) is 39.2 Å². The van der Waals surface area contributed by atoms with Gasteiger partial charge in [0.25, 0.3) is 0 Å². The van der Waals surface area contributed by atoms with Gasteiger partial charge in [-0.2, -0.15) is 0 Å². The van der Waals surface area contributed by atoms with Crippen molar-refractivity contribution in [3.63, 3.8) is 0 Å². The van der Waals surface area contributed by atoms with Gasteiger partial charge in [-0.25, -0.2) is 0 Å². The van der Waals surface area contributed by atoms with E-state index in [9.17, 15) is 0 Å². The number of rotatable bonds is 10. The highest BCUT2D eigenvalue weighted by Gasteiger charge is 2.16. The average Bonchev–Trinajstić information content (AvgIpc) is 2.69. The van der Waals surface area contributed by atoms with Crippen LogP contribution >= 0.6 is 0 Å². The van der Waals surface area contributed by atoms with Crippen LogP contribution in [0, 0.1) is 32.6 Å². The number of nitrogens with zero attached hydrogens (tertiary/aromatic N) is 1. The van der Waals surface area contributed by atoms with Gasteiger partial charge in [0.2, 0.25) is 0 Å². The van der Waals surface area contributed by atoms with Crippen molar-refractivity contribution < 1.29 is 9.47 Å². The van der Waals surface area contributed by atoms with Gasteiger partial charge in [-0.1, -0.05) is 299 Å². The number of methoxy groups -OCH3 is 2. The minimum Gasteiger partial charge on any atom is -0.497 e. The molecule has 466 valence electrons. The molecule has 1 aliphatic rings. The van der Waals surface area contributed by atoms with Crippen molar-refractivity contribution in [1.29, 1.82) is 0 Å². The van der Waals surface area contributed by atoms with Crippen LogP contribution in [0.4, 0.5) is 0 Å². The molecule has 4 heteroatoms. The first-order chi connectivity index (χ1) is 40.9. The van der Waals surface area contributed by atoms with Crippen LogP contribution in [0.15, 0.2) is 182 Å². The van der Waals surface area contributed by atoms with E-state index in [1.165, 1.54) is 110 Å². The number of benzene rings is 7. The molecule has 1 fully saturated rings. The van der Waals surface area contributed by atoms with Crippen LogP contribution in [0.1, 0.15) is 240 Å². The number of nitrogens with one attached hydrogen (secondary N) is 1. The molecule has 2 heterocycles. The molecule has 0 unspecified atom stereocenters. The van der Waals surface area contributed by atoms with Gasteiger partial charge >= 0.3 is 0 Å². The van der Waals surface area contributed by atoms with E-state index < -0.39 is 0 Å². The first-order valence-electron chi connectivity index (χ1n) is 32.4. The van der Waals surface area contributed by atoms with E-state index in [4.69, 9.17) is 9.47 Å². The molecule has 1 aliphatic carbocycles. The third-order valence-electron chi connectivity index (χ3n) is 16.0. The molecule has 0 radical (unpaired) electrons. The van der Waals surface area contributed by atoms with Gasteiger partial charge in [0.1, 0.15) is 11.5 Å². The van der Waals surface area contributed by atoms with Crippen LogP contribution in [0.25, 0.3) is 21.8 Å². The molecule has 0 bridgehead atoms. The third-order valence-corrected chi connectivity index (χ3v) is 16.0. The van der Waals surface area contributed by atoms with E-state index in [1.807, 2.05) is 36.4 Å². The number of hydrogen-bond acceptors (Lipinski definition) is 2. The zero-order valence-corrected chi connectivity index (χ0v) is 57.8. The lowest BCUT2D eigenvalue weighted by Gasteiger charge is -2.24. The molecule has 10 rings (SSSR count). The Morgan fingerprint density at radius 2 is 0.872 bits per heavy atom. The summed E-state index contributed by atoms with van der Waals surface area (Å²) in [4.78, 5) is 3.27. The largest absolute Gasteiger partial charge is 0.497 e. The monoisotopic (exact) mass is 1160 g/mol. The summed E-state index contributed by atoms with van der Waals surface area (Å²) < 4.78 is 12.5. The average molecular weight is 1160 g/mol. The molecule has 1 N–H and O–H groups in total. The van der Waals surface area contributed by atoms with Gasteiger partial charge in [0.05, 0.1) is 14.2 Å². The number of aryl methyl sites for hydroxylation is 4. The molecule has 0 spiro atoms. The van der Waals surface area contributed by atoms with Gasteiger partial charge in [-0.05, 0) is 143 Å². The third kappa shape index (κ3) is 26.1. The minimum absolute atomic E-state index is 0.533. The smallest absolute Gasteiger partial charge is 0.122 e. The summed E-state index contributed by atoms with van der Waals surface area (Å²) in [7, 11) is 5.50. The Morgan fingerprint density at radius 1 is 0.395 bits per heavy atom. The molecule has 4 nitrogen and oxygen atoms in total. The summed E-state index contributed by atoms with van der Waals surface area (Å²) in [6, 6.07) is 59.2. The molecule has 1 saturated carbocycles. The van der Waals surface area contributed by atoms with E-state index in [-0.39, 0.29) is 0 Å². The summed E-state index contributed by atoms with van der Waals surface area (Å²) in [6.07, 6.45) is 11.8. The van der Waals surface area contributed by atoms with Crippen LogP contribution in [0.2, 0.25) is 0 Å². The van der Waals surface area contributed by atoms with Gasteiger partial charge in [0.15, 0.2) is 0 Å². The Kier molecular flexibility index (Phi) is 33.4. The number of hydrogen-bond donors (Lipinski definition) is 1. The van der Waals surface area contributed by atoms with Crippen molar-refractivity contribution in [3.8, 4) is 11.5 Å². The lowest BCUT2D eigenvalue weighted by atomic mass is 9.82. The number of ether oxygens (including phenoxy) is 2. The van der Waals surface area contributed by atoms with E-state index in [1.54, 1.807) is 14.2 Å². The number of H-pyrrole nitrogens is 1. The number of aromatic amines is 1. The molecule has 0 atom stereocenters. The molecule has 9 aromatic rings. The lowest BCUT2D eigenvalue weighted by molar-refractivity contribution is 0.279. The molecule has 7 aromatic carbocycles. The Bertz CT molecular complexity index is 3190. The number of fused-ring (bicyclic) bond motifs is 2. The predicted octanol–water partition coefficient (Wildman–Crippen LogP) is 24.8. The van der Waals surface area contributed by atoms with E-state index >= 15 is 0 Å². The highest BCUT2D eigenvalue weighted by Crippen LogP contribution is 2.30. The van der Waals surface area contributed by atoms with E-state index in [2.05, 4.69) is 294 Å². The molecule has 0 amide bonds. The van der Waals surface area contributed by atoms with Crippen molar-refractivity contribution >= 4 is 21.8 Å². The summed E-state index contributed by atoms with van der Waals surface area (Å²) >= 11 is 0. The van der Waals surface area contributed by atoms with Crippen LogP contribution in [-0.4, -0.2) is 23.8 Å². The molecule has 2 aromatic heterocycles. The maximum Gasteiger partial charge on any atom is 0.122 e. The normalized spacial score (nSPS) is 11.9. The summed E-state index contributed by atoms with van der Waals surface area (Å²) in [6.45, 7) is 42.1. The van der Waals surface area contributed by atoms with E-state index in [0.717, 1.165) is 23.3 Å². The summed E-state index contributed by atoms with van der Waals surface area (Å²) in [5.41, 5.74) is 16.4. The van der Waals surface area contributed by atoms with Crippen molar-refractivity contribution in [2.75, 3.05) is 14.2 Å². The van der Waals surface area contributed by atoms with Gasteiger partial charge in [0, 0.05) is 41.2 Å². The van der Waals surface area contributed by atoms with Crippen LogP contribution in [0.3, 0.4) is 0 Å². The summed E-state index contributed by atoms with van der Waals surface area (Å²) in [5.74, 6) is 8.19. The van der Waals surface area contributed by atoms with Crippen molar-refractivity contribution in [2.45, 2.75) is 205 Å². The van der Waals surface area contributed by atoms with E-state index in [0.29, 0.717) is 41.4 Å². The zero-order valence-electron chi connectivity index (χ0n) is 57.8.